The van der Waals surface area contributed by atoms with Crippen LogP contribution in [0.5, 0.6) is 5.75 Å². The highest BCUT2D eigenvalue weighted by atomic mass is 35.5. The third kappa shape index (κ3) is 2.25. The molecule has 4 heteroatoms. The fourth-order valence-corrected chi connectivity index (χ4v) is 2.07. The number of fused-ring (bicyclic) bond motifs is 1. The first-order chi connectivity index (χ1) is 7.33. The van der Waals surface area contributed by atoms with Crippen LogP contribution in [0, 0.1) is 0 Å². The van der Waals surface area contributed by atoms with Gasteiger partial charge in [-0.1, -0.05) is 23.7 Å². The molecule has 0 aliphatic carbocycles. The van der Waals surface area contributed by atoms with E-state index in [2.05, 4.69) is 5.48 Å². The molecule has 15 heavy (non-hydrogen) atoms. The number of halogens is 1. The number of rotatable bonds is 2. The van der Waals surface area contributed by atoms with Crippen molar-refractivity contribution >= 4 is 11.6 Å². The lowest BCUT2D eigenvalue weighted by Gasteiger charge is -2.17. The van der Waals surface area contributed by atoms with Gasteiger partial charge in [-0.05, 0) is 18.9 Å². The molecule has 0 saturated heterocycles. The van der Waals surface area contributed by atoms with Gasteiger partial charge in [-0.2, -0.15) is 5.48 Å². The molecule has 1 atom stereocenters. The number of benzene rings is 1. The van der Waals surface area contributed by atoms with E-state index in [9.17, 15) is 0 Å². The first-order valence-corrected chi connectivity index (χ1v) is 5.40. The first-order valence-electron chi connectivity index (χ1n) is 5.02. The van der Waals surface area contributed by atoms with E-state index in [0.717, 1.165) is 24.2 Å². The topological polar surface area (TPSA) is 30.5 Å². The molecule has 1 aliphatic heterocycles. The monoisotopic (exact) mass is 227 g/mol. The molecule has 1 N–H and O–H groups in total. The van der Waals surface area contributed by atoms with E-state index in [4.69, 9.17) is 21.2 Å². The van der Waals surface area contributed by atoms with Crippen molar-refractivity contribution in [1.29, 1.82) is 0 Å². The maximum absolute atomic E-state index is 6.09. The van der Waals surface area contributed by atoms with Gasteiger partial charge in [0.25, 0.3) is 0 Å². The summed E-state index contributed by atoms with van der Waals surface area (Å²) in [4.78, 5) is 4.98. The Bertz CT molecular complexity index is 343. The van der Waals surface area contributed by atoms with Gasteiger partial charge < -0.3 is 9.57 Å². The zero-order chi connectivity index (χ0) is 10.7. The number of hydrogen-bond acceptors (Lipinski definition) is 3. The fraction of sp³-hybridized carbons (Fsp3) is 0.455. The standard InChI is InChI=1S/C11H14ClNO2/c1-14-13-10-6-3-7-15-11-8(10)4-2-5-9(11)12/h2,4-5,10,13H,3,6-7H2,1H3. The highest BCUT2D eigenvalue weighted by Gasteiger charge is 2.21. The molecule has 1 aliphatic rings. The first kappa shape index (κ1) is 10.7. The Hall–Kier alpha value is -0.770. The Balaban J connectivity index is 2.36. The molecule has 0 aromatic heterocycles. The molecule has 1 aromatic rings. The van der Waals surface area contributed by atoms with Crippen LogP contribution in [-0.4, -0.2) is 13.7 Å². The molecule has 0 spiro atoms. The normalized spacial score (nSPS) is 20.3. The second-order valence-corrected chi connectivity index (χ2v) is 3.93. The van der Waals surface area contributed by atoms with Gasteiger partial charge in [-0.3, -0.25) is 0 Å². The third-order valence-electron chi connectivity index (χ3n) is 2.52. The molecular weight excluding hydrogens is 214 g/mol. The van der Waals surface area contributed by atoms with E-state index in [1.807, 2.05) is 18.2 Å². The maximum atomic E-state index is 6.09. The van der Waals surface area contributed by atoms with Crippen LogP contribution in [-0.2, 0) is 4.84 Å². The summed E-state index contributed by atoms with van der Waals surface area (Å²) in [6.45, 7) is 0.707. The van der Waals surface area contributed by atoms with Crippen LogP contribution in [0.1, 0.15) is 24.4 Å². The predicted octanol–water partition coefficient (Wildman–Crippen LogP) is 2.70. The largest absolute Gasteiger partial charge is 0.492 e. The molecule has 3 nitrogen and oxygen atoms in total. The van der Waals surface area contributed by atoms with Crippen LogP contribution >= 0.6 is 11.6 Å². The van der Waals surface area contributed by atoms with Gasteiger partial charge in [0.05, 0.1) is 24.8 Å². The van der Waals surface area contributed by atoms with Gasteiger partial charge in [0.2, 0.25) is 0 Å². The van der Waals surface area contributed by atoms with Crippen molar-refractivity contribution in [1.82, 2.24) is 5.48 Å². The fourth-order valence-electron chi connectivity index (χ4n) is 1.83. The van der Waals surface area contributed by atoms with E-state index < -0.39 is 0 Å². The summed E-state index contributed by atoms with van der Waals surface area (Å²) in [5, 5.41) is 0.664. The summed E-state index contributed by atoms with van der Waals surface area (Å²) < 4.78 is 5.63. The average Bonchev–Trinajstić information content (AvgIpc) is 2.43. The lowest BCUT2D eigenvalue weighted by molar-refractivity contribution is 0.0580. The zero-order valence-electron chi connectivity index (χ0n) is 8.63. The minimum atomic E-state index is 0.159. The molecule has 1 aromatic carbocycles. The van der Waals surface area contributed by atoms with Crippen molar-refractivity contribution in [2.45, 2.75) is 18.9 Å². The summed E-state index contributed by atoms with van der Waals surface area (Å²) in [5.41, 5.74) is 4.04. The Morgan fingerprint density at radius 3 is 3.20 bits per heavy atom. The Labute approximate surface area is 94.3 Å². The Kier molecular flexibility index (Phi) is 3.46. The maximum Gasteiger partial charge on any atom is 0.142 e. The Morgan fingerprint density at radius 1 is 1.53 bits per heavy atom. The summed E-state index contributed by atoms with van der Waals surface area (Å²) >= 11 is 6.09. The van der Waals surface area contributed by atoms with E-state index in [-0.39, 0.29) is 6.04 Å². The lowest BCUT2D eigenvalue weighted by Crippen LogP contribution is -2.19. The van der Waals surface area contributed by atoms with Crippen molar-refractivity contribution < 1.29 is 9.57 Å². The predicted molar refractivity (Wildman–Crippen MR) is 59.1 cm³/mol. The number of nitrogens with one attached hydrogen (secondary N) is 1. The molecule has 1 heterocycles. The van der Waals surface area contributed by atoms with Gasteiger partial charge in [-0.15, -0.1) is 0 Å². The van der Waals surface area contributed by atoms with Crippen LogP contribution in [0.2, 0.25) is 5.02 Å². The summed E-state index contributed by atoms with van der Waals surface area (Å²) in [7, 11) is 1.62. The van der Waals surface area contributed by atoms with Gasteiger partial charge in [0, 0.05) is 5.56 Å². The van der Waals surface area contributed by atoms with Crippen LogP contribution in [0.25, 0.3) is 0 Å². The quantitative estimate of drug-likeness (QED) is 0.789. The number of ether oxygens (including phenoxy) is 1. The van der Waals surface area contributed by atoms with Gasteiger partial charge >= 0.3 is 0 Å². The zero-order valence-corrected chi connectivity index (χ0v) is 9.38. The summed E-state index contributed by atoms with van der Waals surface area (Å²) in [6, 6.07) is 5.95. The van der Waals surface area contributed by atoms with E-state index in [0.29, 0.717) is 11.6 Å². The molecule has 0 bridgehead atoms. The number of para-hydroxylation sites is 1. The lowest BCUT2D eigenvalue weighted by atomic mass is 10.0. The van der Waals surface area contributed by atoms with Crippen molar-refractivity contribution in [2.24, 2.45) is 0 Å². The number of hydroxylamine groups is 1. The highest BCUT2D eigenvalue weighted by Crippen LogP contribution is 2.36. The SMILES string of the molecule is CONC1CCCOc2c(Cl)cccc21. The van der Waals surface area contributed by atoms with Gasteiger partial charge in [0.1, 0.15) is 5.75 Å². The van der Waals surface area contributed by atoms with E-state index in [1.54, 1.807) is 7.11 Å². The average molecular weight is 228 g/mol. The smallest absolute Gasteiger partial charge is 0.142 e. The van der Waals surface area contributed by atoms with Crippen molar-refractivity contribution in [3.05, 3.63) is 28.8 Å². The Morgan fingerprint density at radius 2 is 2.40 bits per heavy atom. The molecular formula is C11H14ClNO2. The van der Waals surface area contributed by atoms with Crippen molar-refractivity contribution in [2.75, 3.05) is 13.7 Å². The molecule has 0 radical (unpaired) electrons. The molecule has 0 amide bonds. The molecule has 2 rings (SSSR count). The minimum Gasteiger partial charge on any atom is -0.492 e. The van der Waals surface area contributed by atoms with E-state index in [1.165, 1.54) is 0 Å². The van der Waals surface area contributed by atoms with Crippen LogP contribution < -0.4 is 10.2 Å². The minimum absolute atomic E-state index is 0.159. The molecule has 0 saturated carbocycles. The molecule has 0 fully saturated rings. The van der Waals surface area contributed by atoms with Gasteiger partial charge in [0.15, 0.2) is 0 Å². The van der Waals surface area contributed by atoms with Gasteiger partial charge in [-0.25, -0.2) is 0 Å². The number of hydrogen-bond donors (Lipinski definition) is 1. The second kappa shape index (κ2) is 4.84. The van der Waals surface area contributed by atoms with Crippen molar-refractivity contribution in [3.63, 3.8) is 0 Å². The molecule has 82 valence electrons. The summed E-state index contributed by atoms with van der Waals surface area (Å²) in [5.74, 6) is 0.784. The van der Waals surface area contributed by atoms with Crippen molar-refractivity contribution in [3.8, 4) is 5.75 Å². The van der Waals surface area contributed by atoms with Crippen LogP contribution in [0.15, 0.2) is 18.2 Å². The molecule has 1 unspecified atom stereocenters. The van der Waals surface area contributed by atoms with E-state index >= 15 is 0 Å². The van der Waals surface area contributed by atoms with Crippen LogP contribution in [0.3, 0.4) is 0 Å². The highest BCUT2D eigenvalue weighted by molar-refractivity contribution is 6.32. The van der Waals surface area contributed by atoms with Crippen LogP contribution in [0.4, 0.5) is 0 Å². The third-order valence-corrected chi connectivity index (χ3v) is 2.81. The summed E-state index contributed by atoms with van der Waals surface area (Å²) in [6.07, 6.45) is 1.98. The second-order valence-electron chi connectivity index (χ2n) is 3.52.